The summed E-state index contributed by atoms with van der Waals surface area (Å²) in [5.74, 6) is 0.974. The fourth-order valence-electron chi connectivity index (χ4n) is 1.78. The van der Waals surface area contributed by atoms with Crippen molar-refractivity contribution in [2.24, 2.45) is 5.73 Å². The second kappa shape index (κ2) is 7.63. The molecule has 0 spiro atoms. The van der Waals surface area contributed by atoms with E-state index in [-0.39, 0.29) is 11.9 Å². The molecule has 1 aromatic carbocycles. The van der Waals surface area contributed by atoms with E-state index in [2.05, 4.69) is 12.2 Å². The van der Waals surface area contributed by atoms with Gasteiger partial charge in [0.05, 0.1) is 14.2 Å². The van der Waals surface area contributed by atoms with Crippen molar-refractivity contribution in [2.45, 2.75) is 25.8 Å². The molecule has 0 aliphatic carbocycles. The molecular weight excluding hydrogens is 244 g/mol. The van der Waals surface area contributed by atoms with E-state index in [1.807, 2.05) is 0 Å². The lowest BCUT2D eigenvalue weighted by Crippen LogP contribution is -2.37. The molecule has 0 saturated carbocycles. The van der Waals surface area contributed by atoms with Crippen LogP contribution in [-0.4, -0.2) is 32.7 Å². The molecular formula is C14H22N2O3. The third kappa shape index (κ3) is 4.44. The average Bonchev–Trinajstić information content (AvgIpc) is 2.44. The molecule has 0 heterocycles. The Hall–Kier alpha value is -1.75. The lowest BCUT2D eigenvalue weighted by molar-refractivity contribution is 0.0950. The highest BCUT2D eigenvalue weighted by Crippen LogP contribution is 2.27. The minimum atomic E-state index is -0.160. The van der Waals surface area contributed by atoms with Crippen LogP contribution in [0.15, 0.2) is 18.2 Å². The van der Waals surface area contributed by atoms with Crippen LogP contribution in [0.25, 0.3) is 0 Å². The summed E-state index contributed by atoms with van der Waals surface area (Å²) in [6, 6.07) is 5.05. The smallest absolute Gasteiger partial charge is 0.251 e. The molecule has 0 aliphatic heterocycles. The van der Waals surface area contributed by atoms with Crippen molar-refractivity contribution in [3.63, 3.8) is 0 Å². The quantitative estimate of drug-likeness (QED) is 0.785. The van der Waals surface area contributed by atoms with Crippen LogP contribution in [0, 0.1) is 0 Å². The van der Waals surface area contributed by atoms with Crippen molar-refractivity contribution in [2.75, 3.05) is 20.8 Å². The summed E-state index contributed by atoms with van der Waals surface area (Å²) >= 11 is 0. The maximum Gasteiger partial charge on any atom is 0.251 e. The molecule has 106 valence electrons. The maximum atomic E-state index is 12.0. The van der Waals surface area contributed by atoms with Crippen LogP contribution in [0.1, 0.15) is 30.1 Å². The van der Waals surface area contributed by atoms with Gasteiger partial charge in [0.1, 0.15) is 0 Å². The summed E-state index contributed by atoms with van der Waals surface area (Å²) < 4.78 is 10.3. The second-order valence-electron chi connectivity index (χ2n) is 4.33. The van der Waals surface area contributed by atoms with Gasteiger partial charge in [-0.25, -0.2) is 0 Å². The number of methoxy groups -OCH3 is 2. The Kier molecular flexibility index (Phi) is 6.15. The van der Waals surface area contributed by atoms with E-state index in [9.17, 15) is 4.79 Å². The van der Waals surface area contributed by atoms with Gasteiger partial charge < -0.3 is 20.5 Å². The van der Waals surface area contributed by atoms with Gasteiger partial charge in [-0.05, 0) is 24.6 Å². The Balaban J connectivity index is 2.67. The van der Waals surface area contributed by atoms with Gasteiger partial charge in [0.15, 0.2) is 11.5 Å². The van der Waals surface area contributed by atoms with E-state index in [4.69, 9.17) is 15.2 Å². The summed E-state index contributed by atoms with van der Waals surface area (Å²) in [5, 5.41) is 2.81. The third-order valence-corrected chi connectivity index (χ3v) is 2.83. The minimum Gasteiger partial charge on any atom is -0.493 e. The van der Waals surface area contributed by atoms with E-state index in [1.165, 1.54) is 7.11 Å². The van der Waals surface area contributed by atoms with Crippen molar-refractivity contribution < 1.29 is 14.3 Å². The van der Waals surface area contributed by atoms with E-state index < -0.39 is 0 Å². The first-order valence-electron chi connectivity index (χ1n) is 6.38. The average molecular weight is 266 g/mol. The molecule has 0 radical (unpaired) electrons. The van der Waals surface area contributed by atoms with Crippen LogP contribution >= 0.6 is 0 Å². The Morgan fingerprint density at radius 1 is 1.32 bits per heavy atom. The SMILES string of the molecule is CCCC(N)CNC(=O)c1ccc(OC)c(OC)c1. The molecule has 19 heavy (non-hydrogen) atoms. The fraction of sp³-hybridized carbons (Fsp3) is 0.500. The van der Waals surface area contributed by atoms with Gasteiger partial charge in [-0.2, -0.15) is 0 Å². The van der Waals surface area contributed by atoms with Gasteiger partial charge in [0.25, 0.3) is 5.91 Å². The molecule has 0 bridgehead atoms. The Morgan fingerprint density at radius 2 is 2.00 bits per heavy atom. The van der Waals surface area contributed by atoms with Crippen molar-refractivity contribution in [1.82, 2.24) is 5.32 Å². The lowest BCUT2D eigenvalue weighted by atomic mass is 10.1. The number of carbonyl (C=O) groups excluding carboxylic acids is 1. The molecule has 1 atom stereocenters. The second-order valence-corrected chi connectivity index (χ2v) is 4.33. The first kappa shape index (κ1) is 15.3. The van der Waals surface area contributed by atoms with Crippen LogP contribution in [-0.2, 0) is 0 Å². The van der Waals surface area contributed by atoms with Crippen LogP contribution in [0.3, 0.4) is 0 Å². The predicted octanol–water partition coefficient (Wildman–Crippen LogP) is 1.56. The molecule has 0 aliphatic rings. The monoisotopic (exact) mass is 266 g/mol. The molecule has 5 nitrogen and oxygen atoms in total. The van der Waals surface area contributed by atoms with Gasteiger partial charge in [-0.1, -0.05) is 13.3 Å². The number of hydrogen-bond donors (Lipinski definition) is 2. The molecule has 0 fully saturated rings. The highest BCUT2D eigenvalue weighted by atomic mass is 16.5. The van der Waals surface area contributed by atoms with Crippen molar-refractivity contribution in [3.05, 3.63) is 23.8 Å². The Labute approximate surface area is 114 Å². The summed E-state index contributed by atoms with van der Waals surface area (Å²) in [6.45, 7) is 2.54. The number of ether oxygens (including phenoxy) is 2. The predicted molar refractivity (Wildman–Crippen MR) is 74.8 cm³/mol. The standard InChI is InChI=1S/C14H22N2O3/c1-4-5-11(15)9-16-14(17)10-6-7-12(18-2)13(8-10)19-3/h6-8,11H,4-5,9,15H2,1-3H3,(H,16,17). The summed E-state index contributed by atoms with van der Waals surface area (Å²) in [6.07, 6.45) is 1.90. The highest BCUT2D eigenvalue weighted by molar-refractivity contribution is 5.94. The van der Waals surface area contributed by atoms with Gasteiger partial charge in [0.2, 0.25) is 0 Å². The number of nitrogens with one attached hydrogen (secondary N) is 1. The number of nitrogens with two attached hydrogens (primary N) is 1. The van der Waals surface area contributed by atoms with E-state index >= 15 is 0 Å². The zero-order valence-electron chi connectivity index (χ0n) is 11.7. The summed E-state index contributed by atoms with van der Waals surface area (Å²) in [5.41, 5.74) is 6.38. The first-order valence-corrected chi connectivity index (χ1v) is 6.38. The molecule has 1 amide bonds. The van der Waals surface area contributed by atoms with Crippen molar-refractivity contribution in [3.8, 4) is 11.5 Å². The zero-order valence-corrected chi connectivity index (χ0v) is 11.7. The Bertz CT molecular complexity index is 421. The zero-order chi connectivity index (χ0) is 14.3. The summed E-state index contributed by atoms with van der Waals surface area (Å²) in [4.78, 5) is 12.0. The maximum absolute atomic E-state index is 12.0. The number of benzene rings is 1. The van der Waals surface area contributed by atoms with Crippen LogP contribution in [0.2, 0.25) is 0 Å². The molecule has 5 heteroatoms. The van der Waals surface area contributed by atoms with Crippen molar-refractivity contribution in [1.29, 1.82) is 0 Å². The lowest BCUT2D eigenvalue weighted by Gasteiger charge is -2.13. The number of amides is 1. The van der Waals surface area contributed by atoms with Gasteiger partial charge in [-0.15, -0.1) is 0 Å². The largest absolute Gasteiger partial charge is 0.493 e. The number of carbonyl (C=O) groups is 1. The van der Waals surface area contributed by atoms with E-state index in [0.717, 1.165) is 12.8 Å². The minimum absolute atomic E-state index is 0.00547. The first-order chi connectivity index (χ1) is 9.12. The van der Waals surface area contributed by atoms with Crippen molar-refractivity contribution >= 4 is 5.91 Å². The molecule has 1 aromatic rings. The third-order valence-electron chi connectivity index (χ3n) is 2.83. The molecule has 3 N–H and O–H groups in total. The normalized spacial score (nSPS) is 11.8. The molecule has 1 unspecified atom stereocenters. The van der Waals surface area contributed by atoms with Crippen LogP contribution in [0.5, 0.6) is 11.5 Å². The van der Waals surface area contributed by atoms with Crippen LogP contribution < -0.4 is 20.5 Å². The van der Waals surface area contributed by atoms with Crippen LogP contribution in [0.4, 0.5) is 0 Å². The van der Waals surface area contributed by atoms with Gasteiger partial charge >= 0.3 is 0 Å². The molecule has 0 saturated heterocycles. The summed E-state index contributed by atoms with van der Waals surface area (Å²) in [7, 11) is 3.10. The van der Waals surface area contributed by atoms with Gasteiger partial charge in [0, 0.05) is 18.2 Å². The van der Waals surface area contributed by atoms with E-state index in [1.54, 1.807) is 25.3 Å². The fourth-order valence-corrected chi connectivity index (χ4v) is 1.78. The number of hydrogen-bond acceptors (Lipinski definition) is 4. The van der Waals surface area contributed by atoms with Gasteiger partial charge in [-0.3, -0.25) is 4.79 Å². The topological polar surface area (TPSA) is 73.6 Å². The molecule has 1 rings (SSSR count). The van der Waals surface area contributed by atoms with E-state index in [0.29, 0.717) is 23.6 Å². The Morgan fingerprint density at radius 3 is 2.58 bits per heavy atom. The number of rotatable bonds is 7. The highest BCUT2D eigenvalue weighted by Gasteiger charge is 2.11. The molecule has 0 aromatic heterocycles.